The summed E-state index contributed by atoms with van der Waals surface area (Å²) in [5.74, 6) is 0. The second kappa shape index (κ2) is 5.87. The maximum atomic E-state index is 6.14. The van der Waals surface area contributed by atoms with Gasteiger partial charge in [-0.2, -0.15) is 0 Å². The van der Waals surface area contributed by atoms with Gasteiger partial charge in [-0.25, -0.2) is 0 Å². The largest absolute Gasteiger partial charge is 0.377 e. The van der Waals surface area contributed by atoms with Crippen LogP contribution in [0.2, 0.25) is 0 Å². The molecule has 0 aliphatic carbocycles. The summed E-state index contributed by atoms with van der Waals surface area (Å²) in [5.41, 5.74) is 6.33. The maximum Gasteiger partial charge on any atom is 0.0703 e. The van der Waals surface area contributed by atoms with E-state index in [4.69, 9.17) is 10.5 Å². The van der Waals surface area contributed by atoms with Crippen LogP contribution in [0.4, 0.5) is 0 Å². The molecule has 2 fully saturated rings. The van der Waals surface area contributed by atoms with E-state index in [0.29, 0.717) is 12.1 Å². The minimum Gasteiger partial charge on any atom is -0.377 e. The average Bonchev–Trinajstić information content (AvgIpc) is 2.84. The van der Waals surface area contributed by atoms with Crippen molar-refractivity contribution in [2.45, 2.75) is 50.8 Å². The number of hydrogen-bond donors (Lipinski definition) is 1. The molecule has 0 aromatic heterocycles. The summed E-state index contributed by atoms with van der Waals surface area (Å²) < 4.78 is 5.72. The van der Waals surface area contributed by atoms with Crippen LogP contribution in [0.3, 0.4) is 0 Å². The second-order valence-corrected chi connectivity index (χ2v) is 5.91. The molecule has 0 amide bonds. The maximum absolute atomic E-state index is 6.14. The van der Waals surface area contributed by atoms with Gasteiger partial charge in [0.1, 0.15) is 0 Å². The number of rotatable bonds is 4. The minimum atomic E-state index is 0.193. The first-order valence-electron chi connectivity index (χ1n) is 7.40. The highest BCUT2D eigenvalue weighted by Crippen LogP contribution is 2.32. The normalized spacial score (nSPS) is 33.2. The highest BCUT2D eigenvalue weighted by Gasteiger charge is 2.42. The van der Waals surface area contributed by atoms with E-state index < -0.39 is 0 Å². The molecule has 4 heteroatoms. The van der Waals surface area contributed by atoms with E-state index in [0.717, 1.165) is 26.1 Å². The first-order valence-corrected chi connectivity index (χ1v) is 7.40. The lowest BCUT2D eigenvalue weighted by Gasteiger charge is -2.49. The summed E-state index contributed by atoms with van der Waals surface area (Å²) in [6.07, 6.45) is 3.88. The fourth-order valence-electron chi connectivity index (χ4n) is 3.57. The van der Waals surface area contributed by atoms with Crippen LogP contribution < -0.4 is 5.73 Å². The lowest BCUT2D eigenvalue weighted by atomic mass is 9.84. The standard InChI is InChI=1S/C14H29N3O/c1-4-17-8-6-14(11-15,7-9-17)16(3)13-5-10-18-12(13)2/h12-13H,4-11,15H2,1-3H3. The molecule has 0 saturated carbocycles. The van der Waals surface area contributed by atoms with Crippen LogP contribution in [0.25, 0.3) is 0 Å². The number of nitrogens with zero attached hydrogens (tertiary/aromatic N) is 2. The monoisotopic (exact) mass is 255 g/mol. The Balaban J connectivity index is 2.03. The molecular formula is C14H29N3O. The van der Waals surface area contributed by atoms with Crippen molar-refractivity contribution in [2.24, 2.45) is 5.73 Å². The Morgan fingerprint density at radius 2 is 2.06 bits per heavy atom. The zero-order valence-corrected chi connectivity index (χ0v) is 12.2. The van der Waals surface area contributed by atoms with Crippen molar-refractivity contribution in [3.8, 4) is 0 Å². The first kappa shape index (κ1) is 14.3. The number of likely N-dealkylation sites (tertiary alicyclic amines) is 1. The molecule has 4 nitrogen and oxygen atoms in total. The van der Waals surface area contributed by atoms with Crippen molar-refractivity contribution in [3.05, 3.63) is 0 Å². The van der Waals surface area contributed by atoms with Gasteiger partial charge >= 0.3 is 0 Å². The molecule has 0 radical (unpaired) electrons. The number of nitrogens with two attached hydrogens (primary N) is 1. The average molecular weight is 255 g/mol. The van der Waals surface area contributed by atoms with Gasteiger partial charge in [-0.15, -0.1) is 0 Å². The molecule has 0 spiro atoms. The molecular weight excluding hydrogens is 226 g/mol. The van der Waals surface area contributed by atoms with Gasteiger partial charge in [0, 0.05) is 24.7 Å². The van der Waals surface area contributed by atoms with Gasteiger partial charge in [0.15, 0.2) is 0 Å². The third-order valence-corrected chi connectivity index (χ3v) is 5.20. The minimum absolute atomic E-state index is 0.193. The molecule has 2 unspecified atom stereocenters. The van der Waals surface area contributed by atoms with Crippen LogP contribution in [0, 0.1) is 0 Å². The van der Waals surface area contributed by atoms with Crippen LogP contribution in [0.1, 0.15) is 33.1 Å². The van der Waals surface area contributed by atoms with Crippen molar-refractivity contribution in [1.82, 2.24) is 9.80 Å². The zero-order chi connectivity index (χ0) is 13.2. The molecule has 106 valence electrons. The van der Waals surface area contributed by atoms with Gasteiger partial charge in [0.05, 0.1) is 6.10 Å². The molecule has 2 saturated heterocycles. The van der Waals surface area contributed by atoms with Gasteiger partial charge < -0.3 is 15.4 Å². The molecule has 0 aromatic rings. The van der Waals surface area contributed by atoms with Crippen LogP contribution in [0.5, 0.6) is 0 Å². The number of likely N-dealkylation sites (N-methyl/N-ethyl adjacent to an activating group) is 1. The van der Waals surface area contributed by atoms with Gasteiger partial charge in [-0.1, -0.05) is 6.92 Å². The van der Waals surface area contributed by atoms with Crippen molar-refractivity contribution in [3.63, 3.8) is 0 Å². The smallest absolute Gasteiger partial charge is 0.0703 e. The summed E-state index contributed by atoms with van der Waals surface area (Å²) in [5, 5.41) is 0. The van der Waals surface area contributed by atoms with Crippen molar-refractivity contribution < 1.29 is 4.74 Å². The molecule has 2 aliphatic rings. The van der Waals surface area contributed by atoms with Crippen LogP contribution in [0.15, 0.2) is 0 Å². The Morgan fingerprint density at radius 3 is 2.50 bits per heavy atom. The lowest BCUT2D eigenvalue weighted by Crippen LogP contribution is -2.61. The van der Waals surface area contributed by atoms with Gasteiger partial charge in [0.25, 0.3) is 0 Å². The highest BCUT2D eigenvalue weighted by molar-refractivity contribution is 4.99. The fourth-order valence-corrected chi connectivity index (χ4v) is 3.57. The molecule has 2 aliphatic heterocycles. The second-order valence-electron chi connectivity index (χ2n) is 5.91. The van der Waals surface area contributed by atoms with E-state index in [9.17, 15) is 0 Å². The predicted molar refractivity (Wildman–Crippen MR) is 74.7 cm³/mol. The van der Waals surface area contributed by atoms with Crippen LogP contribution >= 0.6 is 0 Å². The Bertz CT molecular complexity index is 264. The summed E-state index contributed by atoms with van der Waals surface area (Å²) in [4.78, 5) is 5.06. The molecule has 2 heterocycles. The third-order valence-electron chi connectivity index (χ3n) is 5.20. The molecule has 0 aromatic carbocycles. The topological polar surface area (TPSA) is 41.7 Å². The zero-order valence-electron chi connectivity index (χ0n) is 12.2. The van der Waals surface area contributed by atoms with Crippen molar-refractivity contribution in [1.29, 1.82) is 0 Å². The summed E-state index contributed by atoms with van der Waals surface area (Å²) >= 11 is 0. The summed E-state index contributed by atoms with van der Waals surface area (Å²) in [6, 6.07) is 0.543. The van der Waals surface area contributed by atoms with E-state index in [1.807, 2.05) is 0 Å². The van der Waals surface area contributed by atoms with E-state index in [-0.39, 0.29) is 5.54 Å². The van der Waals surface area contributed by atoms with Gasteiger partial charge in [-0.05, 0) is 52.9 Å². The summed E-state index contributed by atoms with van der Waals surface area (Å²) in [7, 11) is 2.25. The Morgan fingerprint density at radius 1 is 1.39 bits per heavy atom. The molecule has 2 atom stereocenters. The predicted octanol–water partition coefficient (Wildman–Crippen LogP) is 0.909. The van der Waals surface area contributed by atoms with Crippen LogP contribution in [-0.4, -0.2) is 67.3 Å². The number of ether oxygens (including phenoxy) is 1. The van der Waals surface area contributed by atoms with Crippen LogP contribution in [-0.2, 0) is 4.74 Å². The van der Waals surface area contributed by atoms with E-state index in [1.165, 1.54) is 25.9 Å². The third kappa shape index (κ3) is 2.57. The fraction of sp³-hybridized carbons (Fsp3) is 1.00. The van der Waals surface area contributed by atoms with Crippen molar-refractivity contribution >= 4 is 0 Å². The number of hydrogen-bond acceptors (Lipinski definition) is 4. The molecule has 18 heavy (non-hydrogen) atoms. The number of piperidine rings is 1. The van der Waals surface area contributed by atoms with Gasteiger partial charge in [-0.3, -0.25) is 4.90 Å². The highest BCUT2D eigenvalue weighted by atomic mass is 16.5. The Hall–Kier alpha value is -0.160. The SMILES string of the molecule is CCN1CCC(CN)(N(C)C2CCOC2C)CC1. The molecule has 2 rings (SSSR count). The quantitative estimate of drug-likeness (QED) is 0.811. The van der Waals surface area contributed by atoms with Crippen molar-refractivity contribution in [2.75, 3.05) is 39.8 Å². The first-order chi connectivity index (χ1) is 8.63. The van der Waals surface area contributed by atoms with E-state index in [1.54, 1.807) is 0 Å². The molecule has 0 bridgehead atoms. The molecule has 2 N–H and O–H groups in total. The Kier molecular flexibility index (Phi) is 4.64. The summed E-state index contributed by atoms with van der Waals surface area (Å²) in [6.45, 7) is 9.63. The lowest BCUT2D eigenvalue weighted by molar-refractivity contribution is -0.00650. The Labute approximate surface area is 111 Å². The van der Waals surface area contributed by atoms with E-state index >= 15 is 0 Å². The van der Waals surface area contributed by atoms with Gasteiger partial charge in [0.2, 0.25) is 0 Å². The van der Waals surface area contributed by atoms with E-state index in [2.05, 4.69) is 30.7 Å².